The fourth-order valence-electron chi connectivity index (χ4n) is 2.90. The average molecular weight is 415 g/mol. The minimum atomic E-state index is -4.75. The fraction of sp³-hybridized carbons (Fsp3) is 0.286. The van der Waals surface area contributed by atoms with Gasteiger partial charge in [0, 0.05) is 36.6 Å². The Balaban J connectivity index is 1.54. The van der Waals surface area contributed by atoms with E-state index in [0.717, 1.165) is 24.8 Å². The van der Waals surface area contributed by atoms with Gasteiger partial charge < -0.3 is 15.4 Å². The molecule has 0 atom stereocenters. The summed E-state index contributed by atoms with van der Waals surface area (Å²) in [5, 5.41) is 6.51. The molecular weight excluding hydrogens is 395 g/mol. The van der Waals surface area contributed by atoms with Crippen molar-refractivity contribution in [1.29, 1.82) is 0 Å². The second-order valence-corrected chi connectivity index (χ2v) is 6.99. The SMILES string of the molecule is FC(F)(F)Oc1cccc(-c2cc(NCCc3ccncc3)nc(NC3CC3)n2)c1. The van der Waals surface area contributed by atoms with E-state index in [0.29, 0.717) is 35.6 Å². The number of hydrogen-bond acceptors (Lipinski definition) is 6. The minimum Gasteiger partial charge on any atom is -0.406 e. The van der Waals surface area contributed by atoms with Crippen LogP contribution in [0.3, 0.4) is 0 Å². The molecule has 0 spiro atoms. The first-order chi connectivity index (χ1) is 14.4. The largest absolute Gasteiger partial charge is 0.573 e. The van der Waals surface area contributed by atoms with Crippen molar-refractivity contribution in [3.8, 4) is 17.0 Å². The van der Waals surface area contributed by atoms with Crippen molar-refractivity contribution in [3.05, 3.63) is 60.4 Å². The van der Waals surface area contributed by atoms with E-state index in [1.54, 1.807) is 24.5 Å². The molecule has 3 aromatic rings. The van der Waals surface area contributed by atoms with Crippen LogP contribution in [0.15, 0.2) is 54.9 Å². The van der Waals surface area contributed by atoms with Crippen molar-refractivity contribution in [2.45, 2.75) is 31.7 Å². The standard InChI is InChI=1S/C21H20F3N5O/c22-21(23,24)30-17-3-1-2-15(12-17)18-13-19(29-20(28-18)27-16-4-5-16)26-11-8-14-6-9-25-10-7-14/h1-3,6-7,9-10,12-13,16H,4-5,8,11H2,(H2,26,27,28,29). The van der Waals surface area contributed by atoms with Crippen LogP contribution in [-0.2, 0) is 6.42 Å². The van der Waals surface area contributed by atoms with Crippen LogP contribution in [0.4, 0.5) is 24.9 Å². The summed E-state index contributed by atoms with van der Waals surface area (Å²) in [5.74, 6) is 0.755. The molecule has 0 amide bonds. The van der Waals surface area contributed by atoms with E-state index in [9.17, 15) is 13.2 Å². The van der Waals surface area contributed by atoms with E-state index in [-0.39, 0.29) is 5.75 Å². The van der Waals surface area contributed by atoms with Crippen molar-refractivity contribution in [2.75, 3.05) is 17.2 Å². The van der Waals surface area contributed by atoms with Crippen molar-refractivity contribution < 1.29 is 17.9 Å². The van der Waals surface area contributed by atoms with Gasteiger partial charge in [0.05, 0.1) is 5.69 Å². The summed E-state index contributed by atoms with van der Waals surface area (Å²) in [5.41, 5.74) is 2.16. The van der Waals surface area contributed by atoms with Gasteiger partial charge in [-0.15, -0.1) is 13.2 Å². The Kier molecular flexibility index (Phi) is 5.69. The monoisotopic (exact) mass is 415 g/mol. The lowest BCUT2D eigenvalue weighted by atomic mass is 10.1. The first-order valence-electron chi connectivity index (χ1n) is 9.59. The zero-order chi connectivity index (χ0) is 21.0. The second-order valence-electron chi connectivity index (χ2n) is 6.99. The van der Waals surface area contributed by atoms with Crippen LogP contribution in [0.2, 0.25) is 0 Å². The van der Waals surface area contributed by atoms with E-state index in [1.165, 1.54) is 18.2 Å². The normalized spacial score (nSPS) is 13.7. The smallest absolute Gasteiger partial charge is 0.406 e. The van der Waals surface area contributed by atoms with E-state index in [1.807, 2.05) is 12.1 Å². The lowest BCUT2D eigenvalue weighted by Crippen LogP contribution is -2.17. The van der Waals surface area contributed by atoms with E-state index in [4.69, 9.17) is 0 Å². The molecule has 1 aliphatic rings. The van der Waals surface area contributed by atoms with E-state index >= 15 is 0 Å². The van der Waals surface area contributed by atoms with Gasteiger partial charge in [-0.1, -0.05) is 12.1 Å². The molecule has 156 valence electrons. The molecule has 6 nitrogen and oxygen atoms in total. The molecule has 1 saturated carbocycles. The molecule has 30 heavy (non-hydrogen) atoms. The van der Waals surface area contributed by atoms with Crippen molar-refractivity contribution in [1.82, 2.24) is 15.0 Å². The maximum absolute atomic E-state index is 12.6. The number of pyridine rings is 1. The van der Waals surface area contributed by atoms with Gasteiger partial charge >= 0.3 is 6.36 Å². The maximum atomic E-state index is 12.6. The molecule has 0 aliphatic heterocycles. The van der Waals surface area contributed by atoms with Crippen LogP contribution >= 0.6 is 0 Å². The highest BCUT2D eigenvalue weighted by Gasteiger charge is 2.31. The molecule has 2 aromatic heterocycles. The molecule has 0 bridgehead atoms. The molecule has 0 radical (unpaired) electrons. The Labute approximate surface area is 171 Å². The zero-order valence-corrected chi connectivity index (χ0v) is 16.0. The molecule has 2 heterocycles. The van der Waals surface area contributed by atoms with Gasteiger partial charge in [-0.25, -0.2) is 4.98 Å². The third-order valence-electron chi connectivity index (χ3n) is 4.47. The number of nitrogens with one attached hydrogen (secondary N) is 2. The predicted octanol–water partition coefficient (Wildman–Crippen LogP) is 4.67. The topological polar surface area (TPSA) is 72.0 Å². The molecule has 0 saturated heterocycles. The lowest BCUT2D eigenvalue weighted by Gasteiger charge is -2.13. The summed E-state index contributed by atoms with van der Waals surface area (Å²) in [4.78, 5) is 13.0. The summed E-state index contributed by atoms with van der Waals surface area (Å²) >= 11 is 0. The zero-order valence-electron chi connectivity index (χ0n) is 16.0. The molecule has 0 unspecified atom stereocenters. The summed E-state index contributed by atoms with van der Waals surface area (Å²) < 4.78 is 41.7. The second kappa shape index (κ2) is 8.56. The number of aromatic nitrogens is 3. The van der Waals surface area contributed by atoms with Crippen LogP contribution in [0.5, 0.6) is 5.75 Å². The predicted molar refractivity (Wildman–Crippen MR) is 107 cm³/mol. The third-order valence-corrected chi connectivity index (χ3v) is 4.47. The number of ether oxygens (including phenoxy) is 1. The van der Waals surface area contributed by atoms with Crippen LogP contribution < -0.4 is 15.4 Å². The first-order valence-corrected chi connectivity index (χ1v) is 9.59. The summed E-state index contributed by atoms with van der Waals surface area (Å²) in [6.07, 6.45) is 1.61. The number of hydrogen-bond donors (Lipinski definition) is 2. The maximum Gasteiger partial charge on any atom is 0.573 e. The van der Waals surface area contributed by atoms with Crippen molar-refractivity contribution >= 4 is 11.8 Å². The third kappa shape index (κ3) is 5.82. The highest BCUT2D eigenvalue weighted by atomic mass is 19.4. The molecule has 1 aliphatic carbocycles. The van der Waals surface area contributed by atoms with Crippen molar-refractivity contribution in [2.24, 2.45) is 0 Å². The lowest BCUT2D eigenvalue weighted by molar-refractivity contribution is -0.274. The van der Waals surface area contributed by atoms with Gasteiger partial charge in [0.25, 0.3) is 0 Å². The fourth-order valence-corrected chi connectivity index (χ4v) is 2.90. The van der Waals surface area contributed by atoms with Crippen LogP contribution in [0.1, 0.15) is 18.4 Å². The quantitative estimate of drug-likeness (QED) is 0.557. The number of anilines is 2. The Morgan fingerprint density at radius 3 is 2.57 bits per heavy atom. The number of benzene rings is 1. The molecule has 2 N–H and O–H groups in total. The van der Waals surface area contributed by atoms with Gasteiger partial charge in [0.15, 0.2) is 0 Å². The molecule has 4 rings (SSSR count). The minimum absolute atomic E-state index is 0.289. The number of halogens is 3. The summed E-state index contributed by atoms with van der Waals surface area (Å²) in [6.45, 7) is 0.639. The average Bonchev–Trinajstić information content (AvgIpc) is 3.52. The number of nitrogens with zero attached hydrogens (tertiary/aromatic N) is 3. The highest BCUT2D eigenvalue weighted by Crippen LogP contribution is 2.30. The van der Waals surface area contributed by atoms with Gasteiger partial charge in [-0.3, -0.25) is 4.98 Å². The number of rotatable bonds is 8. The molecule has 1 aromatic carbocycles. The van der Waals surface area contributed by atoms with Gasteiger partial charge in [0.1, 0.15) is 11.6 Å². The Morgan fingerprint density at radius 2 is 1.83 bits per heavy atom. The van der Waals surface area contributed by atoms with Crippen LogP contribution in [-0.4, -0.2) is 33.9 Å². The summed E-state index contributed by atoms with van der Waals surface area (Å²) in [7, 11) is 0. The molecule has 9 heteroatoms. The van der Waals surface area contributed by atoms with E-state index in [2.05, 4.69) is 30.3 Å². The van der Waals surface area contributed by atoms with Gasteiger partial charge in [0.2, 0.25) is 5.95 Å². The van der Waals surface area contributed by atoms with E-state index < -0.39 is 6.36 Å². The molecular formula is C21H20F3N5O. The Morgan fingerprint density at radius 1 is 1.03 bits per heavy atom. The van der Waals surface area contributed by atoms with Gasteiger partial charge in [-0.05, 0) is 49.1 Å². The Bertz CT molecular complexity index is 993. The number of alkyl halides is 3. The van der Waals surface area contributed by atoms with Crippen LogP contribution in [0, 0.1) is 0 Å². The Hall–Kier alpha value is -3.36. The summed E-state index contributed by atoms with van der Waals surface area (Å²) in [6, 6.07) is 11.7. The first kappa shape index (κ1) is 19.9. The van der Waals surface area contributed by atoms with Gasteiger partial charge in [-0.2, -0.15) is 4.98 Å². The van der Waals surface area contributed by atoms with Crippen molar-refractivity contribution in [3.63, 3.8) is 0 Å². The van der Waals surface area contributed by atoms with Crippen LogP contribution in [0.25, 0.3) is 11.3 Å². The molecule has 1 fully saturated rings. The highest BCUT2D eigenvalue weighted by molar-refractivity contribution is 5.66.